The van der Waals surface area contributed by atoms with Crippen LogP contribution in [-0.4, -0.2) is 52.3 Å². The van der Waals surface area contributed by atoms with Crippen LogP contribution in [0.15, 0.2) is 6.33 Å². The van der Waals surface area contributed by atoms with E-state index in [0.717, 1.165) is 18.8 Å². The second kappa shape index (κ2) is 7.32. The van der Waals surface area contributed by atoms with E-state index < -0.39 is 6.10 Å². The summed E-state index contributed by atoms with van der Waals surface area (Å²) in [6, 6.07) is 0. The van der Waals surface area contributed by atoms with Crippen molar-refractivity contribution in [1.82, 2.24) is 20.1 Å². The van der Waals surface area contributed by atoms with E-state index >= 15 is 0 Å². The molecular formula is C10H20N4O2. The molecule has 0 aliphatic carbocycles. The zero-order valence-electron chi connectivity index (χ0n) is 9.89. The normalized spacial score (nSPS) is 12.9. The second-order valence-corrected chi connectivity index (χ2v) is 3.60. The van der Waals surface area contributed by atoms with Crippen molar-refractivity contribution in [2.45, 2.75) is 19.4 Å². The second-order valence-electron chi connectivity index (χ2n) is 3.60. The van der Waals surface area contributed by atoms with Gasteiger partial charge in [-0.1, -0.05) is 0 Å². The monoisotopic (exact) mass is 228 g/mol. The van der Waals surface area contributed by atoms with Gasteiger partial charge in [-0.2, -0.15) is 5.10 Å². The van der Waals surface area contributed by atoms with Crippen molar-refractivity contribution in [2.24, 2.45) is 7.05 Å². The van der Waals surface area contributed by atoms with Crippen LogP contribution in [0.4, 0.5) is 0 Å². The average molecular weight is 228 g/mol. The molecule has 6 nitrogen and oxygen atoms in total. The van der Waals surface area contributed by atoms with Gasteiger partial charge < -0.3 is 15.2 Å². The molecule has 0 saturated heterocycles. The predicted octanol–water partition coefficient (Wildman–Crippen LogP) is -0.655. The first kappa shape index (κ1) is 13.1. The molecule has 1 unspecified atom stereocenters. The van der Waals surface area contributed by atoms with Gasteiger partial charge in [0, 0.05) is 33.2 Å². The Kier molecular flexibility index (Phi) is 5.99. The number of ether oxygens (including phenoxy) is 1. The minimum absolute atomic E-state index is 0.380. The third-order valence-corrected chi connectivity index (χ3v) is 2.07. The lowest BCUT2D eigenvalue weighted by atomic mass is 10.3. The van der Waals surface area contributed by atoms with E-state index in [4.69, 9.17) is 4.74 Å². The highest BCUT2D eigenvalue weighted by atomic mass is 16.5. The van der Waals surface area contributed by atoms with Crippen LogP contribution in [0, 0.1) is 0 Å². The van der Waals surface area contributed by atoms with Crippen molar-refractivity contribution in [2.75, 3.05) is 26.3 Å². The van der Waals surface area contributed by atoms with Crippen LogP contribution >= 0.6 is 0 Å². The Morgan fingerprint density at radius 1 is 1.62 bits per heavy atom. The van der Waals surface area contributed by atoms with Crippen molar-refractivity contribution in [1.29, 1.82) is 0 Å². The van der Waals surface area contributed by atoms with Crippen LogP contribution in [0.25, 0.3) is 0 Å². The number of nitrogens with zero attached hydrogens (tertiary/aromatic N) is 3. The minimum atomic E-state index is -0.448. The van der Waals surface area contributed by atoms with E-state index in [1.54, 1.807) is 11.0 Å². The molecule has 92 valence electrons. The van der Waals surface area contributed by atoms with Crippen LogP contribution < -0.4 is 5.32 Å². The lowest BCUT2D eigenvalue weighted by molar-refractivity contribution is 0.0430. The van der Waals surface area contributed by atoms with Gasteiger partial charge in [0.05, 0.1) is 12.7 Å². The largest absolute Gasteiger partial charge is 0.389 e. The molecule has 0 radical (unpaired) electrons. The Hall–Kier alpha value is -0.980. The van der Waals surface area contributed by atoms with Crippen molar-refractivity contribution in [3.8, 4) is 0 Å². The van der Waals surface area contributed by atoms with E-state index in [-0.39, 0.29) is 0 Å². The smallest absolute Gasteiger partial charge is 0.151 e. The number of aryl methyl sites for hydroxylation is 1. The molecule has 0 aliphatic heterocycles. The van der Waals surface area contributed by atoms with Gasteiger partial charge in [-0.15, -0.1) is 0 Å². The van der Waals surface area contributed by atoms with Gasteiger partial charge in [0.2, 0.25) is 0 Å². The molecule has 6 heteroatoms. The van der Waals surface area contributed by atoms with Crippen LogP contribution in [-0.2, 0) is 18.2 Å². The van der Waals surface area contributed by atoms with Gasteiger partial charge in [0.15, 0.2) is 5.82 Å². The molecule has 2 N–H and O–H groups in total. The maximum Gasteiger partial charge on any atom is 0.151 e. The summed E-state index contributed by atoms with van der Waals surface area (Å²) < 4.78 is 6.78. The summed E-state index contributed by atoms with van der Waals surface area (Å²) in [5, 5.41) is 16.7. The summed E-state index contributed by atoms with van der Waals surface area (Å²) in [6.07, 6.45) is 2.00. The van der Waals surface area contributed by atoms with Crippen LogP contribution in [0.2, 0.25) is 0 Å². The summed E-state index contributed by atoms with van der Waals surface area (Å²) in [7, 11) is 1.84. The Balaban J connectivity index is 2.03. The SMILES string of the molecule is CCOCC(O)CNCCc1ncn(C)n1. The highest BCUT2D eigenvalue weighted by molar-refractivity contribution is 4.82. The van der Waals surface area contributed by atoms with E-state index in [2.05, 4.69) is 15.4 Å². The first-order chi connectivity index (χ1) is 7.72. The van der Waals surface area contributed by atoms with Crippen LogP contribution in [0.3, 0.4) is 0 Å². The van der Waals surface area contributed by atoms with Gasteiger partial charge >= 0.3 is 0 Å². The molecule has 1 heterocycles. The zero-order chi connectivity index (χ0) is 11.8. The zero-order valence-corrected chi connectivity index (χ0v) is 9.89. The van der Waals surface area contributed by atoms with E-state index in [0.29, 0.717) is 19.8 Å². The summed E-state index contributed by atoms with van der Waals surface area (Å²) >= 11 is 0. The van der Waals surface area contributed by atoms with E-state index in [1.807, 2.05) is 14.0 Å². The Bertz CT molecular complexity index is 290. The molecule has 1 rings (SSSR count). The number of hydrogen-bond donors (Lipinski definition) is 2. The number of hydrogen-bond acceptors (Lipinski definition) is 5. The number of nitrogens with one attached hydrogen (secondary N) is 1. The Morgan fingerprint density at radius 3 is 3.06 bits per heavy atom. The number of aromatic nitrogens is 3. The minimum Gasteiger partial charge on any atom is -0.389 e. The fourth-order valence-corrected chi connectivity index (χ4v) is 1.28. The quantitative estimate of drug-likeness (QED) is 0.578. The summed E-state index contributed by atoms with van der Waals surface area (Å²) in [4.78, 5) is 4.11. The van der Waals surface area contributed by atoms with E-state index in [9.17, 15) is 5.11 Å². The lowest BCUT2D eigenvalue weighted by Crippen LogP contribution is -2.31. The fraction of sp³-hybridized carbons (Fsp3) is 0.800. The van der Waals surface area contributed by atoms with Gasteiger partial charge in [0.25, 0.3) is 0 Å². The average Bonchev–Trinajstić information content (AvgIpc) is 2.67. The van der Waals surface area contributed by atoms with Gasteiger partial charge in [-0.3, -0.25) is 4.68 Å². The molecular weight excluding hydrogens is 208 g/mol. The lowest BCUT2D eigenvalue weighted by Gasteiger charge is -2.10. The topological polar surface area (TPSA) is 72.2 Å². The molecule has 0 saturated carbocycles. The molecule has 0 amide bonds. The molecule has 1 aromatic heterocycles. The van der Waals surface area contributed by atoms with Gasteiger partial charge in [-0.05, 0) is 6.92 Å². The van der Waals surface area contributed by atoms with Gasteiger partial charge in [0.1, 0.15) is 6.33 Å². The third-order valence-electron chi connectivity index (χ3n) is 2.07. The van der Waals surface area contributed by atoms with Crippen molar-refractivity contribution < 1.29 is 9.84 Å². The number of aliphatic hydroxyl groups excluding tert-OH is 1. The highest BCUT2D eigenvalue weighted by Crippen LogP contribution is 1.89. The molecule has 0 aliphatic rings. The summed E-state index contributed by atoms with van der Waals surface area (Å²) in [5.74, 6) is 0.814. The third kappa shape index (κ3) is 5.20. The molecule has 1 aromatic rings. The standard InChI is InChI=1S/C10H20N4O2/c1-3-16-7-9(15)6-11-5-4-10-12-8-14(2)13-10/h8-9,11,15H,3-7H2,1-2H3. The maximum absolute atomic E-state index is 9.46. The molecule has 0 spiro atoms. The summed E-state index contributed by atoms with van der Waals surface area (Å²) in [5.41, 5.74) is 0. The van der Waals surface area contributed by atoms with Gasteiger partial charge in [-0.25, -0.2) is 4.98 Å². The first-order valence-electron chi connectivity index (χ1n) is 5.53. The molecule has 0 bridgehead atoms. The first-order valence-corrected chi connectivity index (χ1v) is 5.53. The maximum atomic E-state index is 9.46. The van der Waals surface area contributed by atoms with Crippen molar-refractivity contribution in [3.63, 3.8) is 0 Å². The van der Waals surface area contributed by atoms with E-state index in [1.165, 1.54) is 0 Å². The number of rotatable bonds is 8. The summed E-state index contributed by atoms with van der Waals surface area (Å²) in [6.45, 7) is 4.22. The molecule has 1 atom stereocenters. The highest BCUT2D eigenvalue weighted by Gasteiger charge is 2.03. The van der Waals surface area contributed by atoms with Crippen molar-refractivity contribution >= 4 is 0 Å². The molecule has 0 aromatic carbocycles. The Morgan fingerprint density at radius 2 is 2.44 bits per heavy atom. The van der Waals surface area contributed by atoms with Crippen molar-refractivity contribution in [3.05, 3.63) is 12.2 Å². The Labute approximate surface area is 95.6 Å². The molecule has 16 heavy (non-hydrogen) atoms. The predicted molar refractivity (Wildman–Crippen MR) is 60.1 cm³/mol. The molecule has 0 fully saturated rings. The van der Waals surface area contributed by atoms with Crippen LogP contribution in [0.1, 0.15) is 12.7 Å². The fourth-order valence-electron chi connectivity index (χ4n) is 1.28. The van der Waals surface area contributed by atoms with Crippen LogP contribution in [0.5, 0.6) is 0 Å². The number of aliphatic hydroxyl groups is 1.